The monoisotopic (exact) mass is 422 g/mol. The SMILES string of the molecule is CCCCCCCCCCCC(=O)O[C@@H]1NC(=O)[C@H](COS(=O)(=O)O)NC1=O. The Bertz CT molecular complexity index is 623. The Labute approximate surface area is 165 Å². The van der Waals surface area contributed by atoms with Crippen LogP contribution in [0.15, 0.2) is 0 Å². The van der Waals surface area contributed by atoms with Gasteiger partial charge in [0.2, 0.25) is 5.91 Å². The first-order chi connectivity index (χ1) is 13.2. The van der Waals surface area contributed by atoms with Crippen molar-refractivity contribution < 1.29 is 36.3 Å². The number of piperazine rings is 1. The zero-order valence-electron chi connectivity index (χ0n) is 16.1. The molecule has 10 nitrogen and oxygen atoms in total. The number of nitrogens with one attached hydrogen (secondary N) is 2. The molecule has 3 N–H and O–H groups in total. The Balaban J connectivity index is 2.19. The van der Waals surface area contributed by atoms with Gasteiger partial charge in [0.25, 0.3) is 12.1 Å². The molecule has 11 heteroatoms. The minimum atomic E-state index is -4.74. The highest BCUT2D eigenvalue weighted by molar-refractivity contribution is 7.80. The highest BCUT2D eigenvalue weighted by Crippen LogP contribution is 2.11. The number of carbonyl (C=O) groups is 3. The molecule has 1 heterocycles. The fraction of sp³-hybridized carbons (Fsp3) is 0.824. The van der Waals surface area contributed by atoms with Gasteiger partial charge in [-0.2, -0.15) is 8.42 Å². The first-order valence-electron chi connectivity index (χ1n) is 9.65. The van der Waals surface area contributed by atoms with E-state index in [4.69, 9.17) is 9.29 Å². The Morgan fingerprint density at radius 3 is 2.11 bits per heavy atom. The van der Waals surface area contributed by atoms with Gasteiger partial charge in [0.05, 0.1) is 6.61 Å². The number of unbranched alkanes of at least 4 members (excludes halogenated alkanes) is 8. The highest BCUT2D eigenvalue weighted by Gasteiger charge is 2.36. The summed E-state index contributed by atoms with van der Waals surface area (Å²) in [6.45, 7) is 1.41. The number of ether oxygens (including phenoxy) is 1. The van der Waals surface area contributed by atoms with Crippen LogP contribution >= 0.6 is 0 Å². The summed E-state index contributed by atoms with van der Waals surface area (Å²) in [7, 11) is -4.74. The standard InChI is InChI=1S/C17H30N2O8S/c1-2-3-4-5-6-7-8-9-10-11-14(20)27-17-16(22)18-13(15(21)19-17)12-26-28(23,24)25/h13,17H,2-12H2,1H3,(H,18,22)(H,19,21)(H,23,24,25)/t13-,17-/m0/s1. The molecule has 0 aromatic carbocycles. The lowest BCUT2D eigenvalue weighted by atomic mass is 10.1. The van der Waals surface area contributed by atoms with Crippen molar-refractivity contribution in [3.8, 4) is 0 Å². The van der Waals surface area contributed by atoms with E-state index in [9.17, 15) is 22.8 Å². The third kappa shape index (κ3) is 10.6. The number of hydrogen-bond acceptors (Lipinski definition) is 7. The van der Waals surface area contributed by atoms with Crippen LogP contribution in [-0.4, -0.2) is 49.6 Å². The lowest BCUT2D eigenvalue weighted by Crippen LogP contribution is -2.64. The molecule has 0 unspecified atom stereocenters. The molecule has 0 bridgehead atoms. The van der Waals surface area contributed by atoms with Crippen LogP contribution in [0, 0.1) is 0 Å². The molecule has 1 aliphatic heterocycles. The summed E-state index contributed by atoms with van der Waals surface area (Å²) in [5, 5.41) is 4.34. The van der Waals surface area contributed by atoms with Crippen LogP contribution in [0.2, 0.25) is 0 Å². The second-order valence-corrected chi connectivity index (χ2v) is 7.82. The van der Waals surface area contributed by atoms with E-state index in [0.29, 0.717) is 6.42 Å². The zero-order valence-corrected chi connectivity index (χ0v) is 17.0. The van der Waals surface area contributed by atoms with E-state index in [1.807, 2.05) is 0 Å². The van der Waals surface area contributed by atoms with E-state index < -0.39 is 47.1 Å². The van der Waals surface area contributed by atoms with E-state index >= 15 is 0 Å². The minimum Gasteiger partial charge on any atom is -0.432 e. The van der Waals surface area contributed by atoms with Crippen molar-refractivity contribution >= 4 is 28.2 Å². The number of rotatable bonds is 14. The van der Waals surface area contributed by atoms with Crippen LogP contribution in [0.5, 0.6) is 0 Å². The average Bonchev–Trinajstić information content (AvgIpc) is 2.61. The Kier molecular flexibility index (Phi) is 11.0. The third-order valence-corrected chi connectivity index (χ3v) is 4.70. The van der Waals surface area contributed by atoms with Crippen molar-refractivity contribution in [3.05, 3.63) is 0 Å². The molecule has 0 saturated carbocycles. The predicted molar refractivity (Wildman–Crippen MR) is 99.3 cm³/mol. The fourth-order valence-corrected chi connectivity index (χ4v) is 3.04. The van der Waals surface area contributed by atoms with E-state index in [2.05, 4.69) is 21.7 Å². The van der Waals surface area contributed by atoms with E-state index in [-0.39, 0.29) is 6.42 Å². The maximum absolute atomic E-state index is 11.9. The van der Waals surface area contributed by atoms with E-state index in [1.54, 1.807) is 0 Å². The maximum Gasteiger partial charge on any atom is 0.397 e. The molecular formula is C17H30N2O8S. The van der Waals surface area contributed by atoms with Gasteiger partial charge in [0.1, 0.15) is 6.04 Å². The first-order valence-corrected chi connectivity index (χ1v) is 11.0. The van der Waals surface area contributed by atoms with Gasteiger partial charge in [-0.3, -0.25) is 18.9 Å². The van der Waals surface area contributed by atoms with Gasteiger partial charge in [0, 0.05) is 6.42 Å². The van der Waals surface area contributed by atoms with Crippen molar-refractivity contribution in [2.24, 2.45) is 0 Å². The lowest BCUT2D eigenvalue weighted by molar-refractivity contribution is -0.163. The molecular weight excluding hydrogens is 392 g/mol. The highest BCUT2D eigenvalue weighted by atomic mass is 32.3. The molecule has 1 fully saturated rings. The van der Waals surface area contributed by atoms with Crippen LogP contribution in [0.25, 0.3) is 0 Å². The van der Waals surface area contributed by atoms with Crippen molar-refractivity contribution in [2.45, 2.75) is 83.4 Å². The Hall–Kier alpha value is -1.72. The Morgan fingerprint density at radius 2 is 1.54 bits per heavy atom. The number of esters is 1. The summed E-state index contributed by atoms with van der Waals surface area (Å²) < 4.78 is 38.5. The second kappa shape index (κ2) is 12.7. The summed E-state index contributed by atoms with van der Waals surface area (Å²) in [6, 6.07) is -1.32. The molecule has 1 rings (SSSR count). The van der Waals surface area contributed by atoms with Gasteiger partial charge >= 0.3 is 16.4 Å². The summed E-state index contributed by atoms with van der Waals surface area (Å²) in [5.74, 6) is -2.19. The van der Waals surface area contributed by atoms with Gasteiger partial charge in [-0.25, -0.2) is 4.18 Å². The molecule has 2 amide bonds. The first kappa shape index (κ1) is 24.3. The third-order valence-electron chi connectivity index (χ3n) is 4.26. The second-order valence-electron chi connectivity index (χ2n) is 6.73. The van der Waals surface area contributed by atoms with Crippen molar-refractivity contribution in [1.29, 1.82) is 0 Å². The van der Waals surface area contributed by atoms with Crippen LogP contribution in [0.4, 0.5) is 0 Å². The van der Waals surface area contributed by atoms with Crippen LogP contribution < -0.4 is 10.6 Å². The summed E-state index contributed by atoms with van der Waals surface area (Å²) in [4.78, 5) is 35.5. The molecule has 0 spiro atoms. The van der Waals surface area contributed by atoms with Crippen molar-refractivity contribution in [1.82, 2.24) is 10.6 Å². The smallest absolute Gasteiger partial charge is 0.397 e. The van der Waals surface area contributed by atoms with Gasteiger partial charge in [-0.15, -0.1) is 0 Å². The molecule has 0 aliphatic carbocycles. The fourth-order valence-electron chi connectivity index (χ4n) is 2.73. The molecule has 0 aromatic heterocycles. The molecule has 2 atom stereocenters. The number of amides is 2. The normalized spacial score (nSPS) is 19.8. The average molecular weight is 423 g/mol. The minimum absolute atomic E-state index is 0.144. The van der Waals surface area contributed by atoms with Crippen molar-refractivity contribution in [3.63, 3.8) is 0 Å². The van der Waals surface area contributed by atoms with Crippen LogP contribution in [0.1, 0.15) is 71.1 Å². The maximum atomic E-state index is 11.9. The summed E-state index contributed by atoms with van der Waals surface area (Å²) >= 11 is 0. The number of hydrogen-bond donors (Lipinski definition) is 3. The molecule has 162 valence electrons. The molecule has 1 aliphatic rings. The quantitative estimate of drug-likeness (QED) is 0.215. The predicted octanol–water partition coefficient (Wildman–Crippen LogP) is 1.21. The van der Waals surface area contributed by atoms with Gasteiger partial charge in [0.15, 0.2) is 0 Å². The van der Waals surface area contributed by atoms with Crippen molar-refractivity contribution in [2.75, 3.05) is 6.61 Å². The lowest BCUT2D eigenvalue weighted by Gasteiger charge is -2.28. The molecule has 1 saturated heterocycles. The van der Waals surface area contributed by atoms with E-state index in [0.717, 1.165) is 19.3 Å². The van der Waals surface area contributed by atoms with Gasteiger partial charge in [-0.1, -0.05) is 58.3 Å². The largest absolute Gasteiger partial charge is 0.432 e. The summed E-state index contributed by atoms with van der Waals surface area (Å²) in [6.07, 6.45) is 8.56. The molecule has 0 radical (unpaired) electrons. The zero-order chi connectivity index (χ0) is 21.0. The van der Waals surface area contributed by atoms with Gasteiger partial charge in [-0.05, 0) is 6.42 Å². The Morgan fingerprint density at radius 1 is 0.964 bits per heavy atom. The number of carbonyl (C=O) groups excluding carboxylic acids is 3. The van der Waals surface area contributed by atoms with E-state index in [1.165, 1.54) is 32.1 Å². The van der Waals surface area contributed by atoms with Crippen LogP contribution in [0.3, 0.4) is 0 Å². The van der Waals surface area contributed by atoms with Gasteiger partial charge < -0.3 is 15.4 Å². The molecule has 0 aromatic rings. The van der Waals surface area contributed by atoms with Crippen LogP contribution in [-0.2, 0) is 33.7 Å². The molecule has 28 heavy (non-hydrogen) atoms. The summed E-state index contributed by atoms with van der Waals surface area (Å²) in [5.41, 5.74) is 0. The topological polar surface area (TPSA) is 148 Å².